The number of nitrogens with one attached hydrogen (secondary N) is 2. The van der Waals surface area contributed by atoms with Crippen LogP contribution in [0.5, 0.6) is 0 Å². The van der Waals surface area contributed by atoms with E-state index in [1.807, 2.05) is 17.2 Å². The number of carbonyl (C=O) groups is 1. The van der Waals surface area contributed by atoms with Gasteiger partial charge in [-0.2, -0.15) is 4.39 Å². The maximum absolute atomic E-state index is 12.3. The average molecular weight is 309 g/mol. The molecule has 0 amide bonds. The molecule has 0 radical (unpaired) electrons. The lowest BCUT2D eigenvalue weighted by Gasteiger charge is -1.96. The van der Waals surface area contributed by atoms with Crippen LogP contribution < -0.4 is 5.56 Å². The number of ether oxygens (including phenoxy) is 1. The molecule has 3 rings (SSSR count). The van der Waals surface area contributed by atoms with Gasteiger partial charge in [0.2, 0.25) is 5.95 Å². The zero-order valence-corrected chi connectivity index (χ0v) is 11.6. The van der Waals surface area contributed by atoms with E-state index >= 15 is 0 Å². The molecule has 22 heavy (non-hydrogen) atoms. The minimum Gasteiger partial charge on any atom is -0.461 e. The molecule has 6 nitrogen and oxygen atoms in total. The molecule has 0 bridgehead atoms. The molecule has 116 valence electrons. The van der Waals surface area contributed by atoms with Gasteiger partial charge in [-0.05, 0) is 19.1 Å². The Hall–Kier alpha value is -2.90. The summed E-state index contributed by atoms with van der Waals surface area (Å²) < 4.78 is 30.9. The summed E-state index contributed by atoms with van der Waals surface area (Å²) in [6.45, 7) is 1.77. The summed E-state index contributed by atoms with van der Waals surface area (Å²) in [6, 6.07) is 4.37. The van der Waals surface area contributed by atoms with E-state index < -0.39 is 17.7 Å². The zero-order valence-electron chi connectivity index (χ0n) is 11.6. The smallest absolute Gasteiger partial charge is 0.354 e. The number of halogens is 2. The summed E-state index contributed by atoms with van der Waals surface area (Å²) >= 11 is 0. The summed E-state index contributed by atoms with van der Waals surface area (Å²) in [7, 11) is 0. The third-order valence-electron chi connectivity index (χ3n) is 2.68. The van der Waals surface area contributed by atoms with Crippen LogP contribution >= 0.6 is 0 Å². The SMILES string of the molecule is CCOC(=O)c1cc(F)c(F)[nH]1.O=c1[nH]ccn2cccc12. The van der Waals surface area contributed by atoms with Crippen molar-refractivity contribution < 1.29 is 18.3 Å². The van der Waals surface area contributed by atoms with Gasteiger partial charge in [0.25, 0.3) is 5.56 Å². The largest absolute Gasteiger partial charge is 0.461 e. The Morgan fingerprint density at radius 2 is 2.14 bits per heavy atom. The van der Waals surface area contributed by atoms with E-state index in [9.17, 15) is 18.4 Å². The fraction of sp³-hybridized carbons (Fsp3) is 0.143. The van der Waals surface area contributed by atoms with E-state index in [1.54, 1.807) is 29.8 Å². The highest BCUT2D eigenvalue weighted by molar-refractivity contribution is 5.87. The number of hydrogen-bond donors (Lipinski definition) is 2. The van der Waals surface area contributed by atoms with Crippen LogP contribution in [0.2, 0.25) is 0 Å². The molecule has 0 unspecified atom stereocenters. The molecule has 3 aromatic heterocycles. The summed E-state index contributed by atoms with van der Waals surface area (Å²) in [5.74, 6) is -3.00. The van der Waals surface area contributed by atoms with Crippen LogP contribution in [0.4, 0.5) is 8.78 Å². The maximum atomic E-state index is 12.3. The van der Waals surface area contributed by atoms with Crippen LogP contribution in [0.15, 0.2) is 41.6 Å². The van der Waals surface area contributed by atoms with Crippen molar-refractivity contribution in [1.82, 2.24) is 14.4 Å². The molecule has 2 N–H and O–H groups in total. The summed E-state index contributed by atoms with van der Waals surface area (Å²) in [5.41, 5.74) is 0.418. The Kier molecular flexibility index (Phi) is 4.72. The standard InChI is InChI=1S/C7H7F2NO2.C7H6N2O/c1-2-12-7(11)5-3-4(8)6(9)10-5;10-7-6-2-1-4-9(6)5-3-8-7/h3,10H,2H2,1H3;1-5H,(H,8,10). The number of nitrogens with zero attached hydrogens (tertiary/aromatic N) is 1. The van der Waals surface area contributed by atoms with Crippen molar-refractivity contribution in [2.45, 2.75) is 6.92 Å². The molecule has 8 heteroatoms. The molecule has 0 aliphatic carbocycles. The van der Waals surface area contributed by atoms with Gasteiger partial charge in [-0.25, -0.2) is 9.18 Å². The fourth-order valence-corrected chi connectivity index (χ4v) is 1.71. The minimum atomic E-state index is -1.15. The molecule has 0 saturated heterocycles. The highest BCUT2D eigenvalue weighted by Gasteiger charge is 2.13. The van der Waals surface area contributed by atoms with E-state index in [-0.39, 0.29) is 17.9 Å². The molecule has 0 spiro atoms. The minimum absolute atomic E-state index is 0.0486. The summed E-state index contributed by atoms with van der Waals surface area (Å²) in [6.07, 6.45) is 5.26. The Bertz CT molecular complexity index is 816. The molecule has 3 aromatic rings. The number of aromatic amines is 2. The van der Waals surface area contributed by atoms with Gasteiger partial charge in [-0.15, -0.1) is 0 Å². The average Bonchev–Trinajstić information content (AvgIpc) is 3.08. The van der Waals surface area contributed by atoms with Gasteiger partial charge in [-0.3, -0.25) is 4.79 Å². The lowest BCUT2D eigenvalue weighted by Crippen LogP contribution is -2.06. The Labute approximate surface area is 123 Å². The Morgan fingerprint density at radius 1 is 1.36 bits per heavy atom. The van der Waals surface area contributed by atoms with Gasteiger partial charge >= 0.3 is 5.97 Å². The predicted octanol–water partition coefficient (Wildman–Crippen LogP) is 2.10. The van der Waals surface area contributed by atoms with Crippen LogP contribution in [0.25, 0.3) is 5.52 Å². The first-order chi connectivity index (χ1) is 10.5. The lowest BCUT2D eigenvalue weighted by atomic mass is 10.4. The number of esters is 1. The van der Waals surface area contributed by atoms with Crippen LogP contribution in [0, 0.1) is 11.8 Å². The Balaban J connectivity index is 0.000000162. The normalized spacial score (nSPS) is 10.1. The Morgan fingerprint density at radius 3 is 2.73 bits per heavy atom. The van der Waals surface area contributed by atoms with E-state index in [4.69, 9.17) is 0 Å². The van der Waals surface area contributed by atoms with Crippen molar-refractivity contribution in [3.63, 3.8) is 0 Å². The van der Waals surface area contributed by atoms with Gasteiger partial charge < -0.3 is 19.1 Å². The number of rotatable bonds is 2. The topological polar surface area (TPSA) is 79.4 Å². The monoisotopic (exact) mass is 309 g/mol. The second-order valence-electron chi connectivity index (χ2n) is 4.16. The van der Waals surface area contributed by atoms with Crippen molar-refractivity contribution in [3.8, 4) is 0 Å². The van der Waals surface area contributed by atoms with Crippen LogP contribution in [0.3, 0.4) is 0 Å². The number of H-pyrrole nitrogens is 2. The van der Waals surface area contributed by atoms with Crippen molar-refractivity contribution >= 4 is 11.5 Å². The molecule has 3 heterocycles. The quantitative estimate of drug-likeness (QED) is 0.711. The molecular formula is C14H13F2N3O3. The van der Waals surface area contributed by atoms with Crippen molar-refractivity contribution in [1.29, 1.82) is 0 Å². The highest BCUT2D eigenvalue weighted by atomic mass is 19.2. The van der Waals surface area contributed by atoms with Gasteiger partial charge in [0.05, 0.1) is 6.61 Å². The zero-order chi connectivity index (χ0) is 16.1. The van der Waals surface area contributed by atoms with E-state index in [2.05, 4.69) is 9.72 Å². The van der Waals surface area contributed by atoms with E-state index in [1.165, 1.54) is 0 Å². The van der Waals surface area contributed by atoms with Crippen LogP contribution in [-0.4, -0.2) is 26.9 Å². The molecule has 0 atom stereocenters. The lowest BCUT2D eigenvalue weighted by molar-refractivity contribution is 0.0519. The third-order valence-corrected chi connectivity index (χ3v) is 2.68. The number of hydrogen-bond acceptors (Lipinski definition) is 3. The second kappa shape index (κ2) is 6.70. The molecule has 0 aliphatic rings. The highest BCUT2D eigenvalue weighted by Crippen LogP contribution is 2.07. The first-order valence-electron chi connectivity index (χ1n) is 6.38. The van der Waals surface area contributed by atoms with Gasteiger partial charge in [0, 0.05) is 24.7 Å². The molecule has 0 aromatic carbocycles. The predicted molar refractivity (Wildman–Crippen MR) is 74.7 cm³/mol. The first kappa shape index (κ1) is 15.5. The van der Waals surface area contributed by atoms with Crippen LogP contribution in [-0.2, 0) is 4.74 Å². The van der Waals surface area contributed by atoms with E-state index in [0.29, 0.717) is 5.52 Å². The second-order valence-corrected chi connectivity index (χ2v) is 4.16. The third kappa shape index (κ3) is 3.40. The van der Waals surface area contributed by atoms with Crippen molar-refractivity contribution in [3.05, 3.63) is 64.6 Å². The maximum Gasteiger partial charge on any atom is 0.354 e. The molecular weight excluding hydrogens is 296 g/mol. The van der Waals surface area contributed by atoms with Gasteiger partial charge in [0.1, 0.15) is 11.2 Å². The number of aromatic nitrogens is 3. The number of carbonyl (C=O) groups excluding carboxylic acids is 1. The van der Waals surface area contributed by atoms with Crippen molar-refractivity contribution in [2.24, 2.45) is 0 Å². The number of fused-ring (bicyclic) bond motifs is 1. The van der Waals surface area contributed by atoms with E-state index in [0.717, 1.165) is 6.07 Å². The van der Waals surface area contributed by atoms with Gasteiger partial charge in [-0.1, -0.05) is 0 Å². The molecule has 0 fully saturated rings. The fourth-order valence-electron chi connectivity index (χ4n) is 1.71. The molecule has 0 saturated carbocycles. The summed E-state index contributed by atoms with van der Waals surface area (Å²) in [5, 5.41) is 0. The van der Waals surface area contributed by atoms with Gasteiger partial charge in [0.15, 0.2) is 5.82 Å². The molecule has 0 aliphatic heterocycles. The van der Waals surface area contributed by atoms with Crippen LogP contribution in [0.1, 0.15) is 17.4 Å². The summed E-state index contributed by atoms with van der Waals surface area (Å²) in [4.78, 5) is 26.3. The van der Waals surface area contributed by atoms with Crippen molar-refractivity contribution in [2.75, 3.05) is 6.61 Å². The first-order valence-corrected chi connectivity index (χ1v) is 6.38.